The number of benzene rings is 1. The monoisotopic (exact) mass is 239 g/mol. The summed E-state index contributed by atoms with van der Waals surface area (Å²) in [6.07, 6.45) is -0.340. The summed E-state index contributed by atoms with van der Waals surface area (Å²) in [7, 11) is 2.00. The van der Waals surface area contributed by atoms with Crippen molar-refractivity contribution < 1.29 is 14.2 Å². The minimum atomic E-state index is -0.584. The van der Waals surface area contributed by atoms with E-state index in [0.717, 1.165) is 18.7 Å². The Balaban J connectivity index is 1.94. The fraction of sp³-hybridized carbons (Fsp3) is 0.538. The van der Waals surface area contributed by atoms with E-state index in [1.807, 2.05) is 13.1 Å². The van der Waals surface area contributed by atoms with Gasteiger partial charge in [0.2, 0.25) is 0 Å². The number of nitrogens with zero attached hydrogens (tertiary/aromatic N) is 1. The number of morpholine rings is 1. The lowest BCUT2D eigenvalue weighted by atomic mass is 10.0. The van der Waals surface area contributed by atoms with Crippen LogP contribution in [0, 0.1) is 5.82 Å². The zero-order valence-electron chi connectivity index (χ0n) is 9.97. The summed E-state index contributed by atoms with van der Waals surface area (Å²) in [4.78, 5) is 2.13. The average Bonchev–Trinajstić information content (AvgIpc) is 2.29. The van der Waals surface area contributed by atoms with Gasteiger partial charge in [-0.2, -0.15) is 0 Å². The largest absolute Gasteiger partial charge is 0.390 e. The maximum absolute atomic E-state index is 13.0. The highest BCUT2D eigenvalue weighted by Crippen LogP contribution is 2.13. The number of aliphatic hydroxyl groups is 1. The van der Waals surface area contributed by atoms with Crippen molar-refractivity contribution in [1.29, 1.82) is 0 Å². The zero-order chi connectivity index (χ0) is 12.3. The number of ether oxygens (including phenoxy) is 1. The molecule has 1 saturated heterocycles. The van der Waals surface area contributed by atoms with E-state index in [4.69, 9.17) is 4.74 Å². The van der Waals surface area contributed by atoms with E-state index >= 15 is 0 Å². The lowest BCUT2D eigenvalue weighted by molar-refractivity contribution is -0.0823. The molecule has 0 aromatic heterocycles. The first kappa shape index (κ1) is 12.5. The highest BCUT2D eigenvalue weighted by atomic mass is 19.1. The van der Waals surface area contributed by atoms with Crippen molar-refractivity contribution in [3.63, 3.8) is 0 Å². The summed E-state index contributed by atoms with van der Waals surface area (Å²) < 4.78 is 18.5. The van der Waals surface area contributed by atoms with Crippen molar-refractivity contribution in [2.24, 2.45) is 0 Å². The zero-order valence-corrected chi connectivity index (χ0v) is 9.97. The van der Waals surface area contributed by atoms with Gasteiger partial charge in [0.15, 0.2) is 0 Å². The van der Waals surface area contributed by atoms with Gasteiger partial charge >= 0.3 is 0 Å². The molecule has 3 nitrogen and oxygen atoms in total. The molecule has 4 heteroatoms. The molecule has 1 aromatic carbocycles. The average molecular weight is 239 g/mol. The Bertz CT molecular complexity index is 372. The van der Waals surface area contributed by atoms with Crippen molar-refractivity contribution in [1.82, 2.24) is 4.90 Å². The van der Waals surface area contributed by atoms with E-state index in [-0.39, 0.29) is 11.9 Å². The second-order valence-electron chi connectivity index (χ2n) is 4.57. The lowest BCUT2D eigenvalue weighted by Crippen LogP contribution is -2.46. The van der Waals surface area contributed by atoms with Gasteiger partial charge < -0.3 is 14.7 Å². The third-order valence-electron chi connectivity index (χ3n) is 3.06. The topological polar surface area (TPSA) is 32.7 Å². The predicted molar refractivity (Wildman–Crippen MR) is 63.3 cm³/mol. The van der Waals surface area contributed by atoms with Gasteiger partial charge in [-0.15, -0.1) is 0 Å². The highest BCUT2D eigenvalue weighted by molar-refractivity contribution is 5.17. The van der Waals surface area contributed by atoms with E-state index in [9.17, 15) is 9.50 Å². The summed E-state index contributed by atoms with van der Waals surface area (Å²) >= 11 is 0. The van der Waals surface area contributed by atoms with Crippen LogP contribution in [0.5, 0.6) is 0 Å². The number of aliphatic hydroxyl groups excluding tert-OH is 1. The Hall–Kier alpha value is -0.970. The number of hydrogen-bond acceptors (Lipinski definition) is 3. The van der Waals surface area contributed by atoms with Gasteiger partial charge in [0.25, 0.3) is 0 Å². The molecule has 1 N–H and O–H groups in total. The van der Waals surface area contributed by atoms with Crippen molar-refractivity contribution in [3.05, 3.63) is 35.6 Å². The van der Waals surface area contributed by atoms with Gasteiger partial charge in [0, 0.05) is 19.5 Å². The van der Waals surface area contributed by atoms with Crippen molar-refractivity contribution in [2.45, 2.75) is 18.6 Å². The van der Waals surface area contributed by atoms with Gasteiger partial charge in [-0.3, -0.25) is 0 Å². The van der Waals surface area contributed by atoms with Crippen molar-refractivity contribution in [2.75, 3.05) is 26.7 Å². The van der Waals surface area contributed by atoms with E-state index < -0.39 is 6.10 Å². The van der Waals surface area contributed by atoms with Crippen LogP contribution in [0.3, 0.4) is 0 Å². The van der Waals surface area contributed by atoms with Crippen LogP contribution in [-0.2, 0) is 11.2 Å². The minimum absolute atomic E-state index is 0.183. The Morgan fingerprint density at radius 1 is 1.59 bits per heavy atom. The maximum Gasteiger partial charge on any atom is 0.123 e. The molecule has 94 valence electrons. The maximum atomic E-state index is 13.0. The molecule has 1 aliphatic rings. The van der Waals surface area contributed by atoms with E-state index in [1.54, 1.807) is 6.07 Å². The molecule has 2 rings (SSSR count). The first-order chi connectivity index (χ1) is 8.15. The molecule has 0 spiro atoms. The molecule has 1 aromatic rings. The third kappa shape index (κ3) is 3.49. The fourth-order valence-corrected chi connectivity index (χ4v) is 2.08. The molecule has 2 unspecified atom stereocenters. The van der Waals surface area contributed by atoms with Crippen LogP contribution in [0.15, 0.2) is 24.3 Å². The molecule has 0 saturated carbocycles. The molecule has 0 bridgehead atoms. The third-order valence-corrected chi connectivity index (χ3v) is 3.06. The molecule has 2 atom stereocenters. The molecule has 0 radical (unpaired) electrons. The first-order valence-electron chi connectivity index (χ1n) is 5.88. The Labute approximate surface area is 101 Å². The van der Waals surface area contributed by atoms with Crippen LogP contribution in [0.2, 0.25) is 0 Å². The first-order valence-corrected chi connectivity index (χ1v) is 5.88. The van der Waals surface area contributed by atoms with Gasteiger partial charge in [-0.05, 0) is 24.7 Å². The van der Waals surface area contributed by atoms with E-state index in [0.29, 0.717) is 13.0 Å². The van der Waals surface area contributed by atoms with E-state index in [2.05, 4.69) is 4.90 Å². The van der Waals surface area contributed by atoms with Crippen LogP contribution in [0.25, 0.3) is 0 Å². The second-order valence-corrected chi connectivity index (χ2v) is 4.57. The number of rotatable bonds is 3. The molecule has 17 heavy (non-hydrogen) atoms. The summed E-state index contributed by atoms with van der Waals surface area (Å²) in [5.41, 5.74) is 0.800. The fourth-order valence-electron chi connectivity index (χ4n) is 2.08. The van der Waals surface area contributed by atoms with Crippen LogP contribution < -0.4 is 0 Å². The molecule has 0 aliphatic carbocycles. The van der Waals surface area contributed by atoms with Crippen molar-refractivity contribution in [3.8, 4) is 0 Å². The smallest absolute Gasteiger partial charge is 0.123 e. The number of halogens is 1. The van der Waals surface area contributed by atoms with Crippen LogP contribution in [0.4, 0.5) is 4.39 Å². The molecular weight excluding hydrogens is 221 g/mol. The molecular formula is C13H18FNO2. The summed E-state index contributed by atoms with van der Waals surface area (Å²) in [6, 6.07) is 6.33. The second kappa shape index (κ2) is 5.58. The summed E-state index contributed by atoms with van der Waals surface area (Å²) in [5.74, 6) is -0.267. The highest BCUT2D eigenvalue weighted by Gasteiger charge is 2.25. The quantitative estimate of drug-likeness (QED) is 0.856. The minimum Gasteiger partial charge on any atom is -0.390 e. The van der Waals surface area contributed by atoms with Gasteiger partial charge in [0.1, 0.15) is 5.82 Å². The molecule has 1 aliphatic heterocycles. The van der Waals surface area contributed by atoms with Crippen molar-refractivity contribution >= 4 is 0 Å². The van der Waals surface area contributed by atoms with Gasteiger partial charge in [0.05, 0.1) is 18.8 Å². The Morgan fingerprint density at radius 3 is 3.12 bits per heavy atom. The molecule has 0 amide bonds. The lowest BCUT2D eigenvalue weighted by Gasteiger charge is -2.33. The van der Waals surface area contributed by atoms with Gasteiger partial charge in [-0.25, -0.2) is 4.39 Å². The predicted octanol–water partition coefficient (Wildman–Crippen LogP) is 1.06. The number of hydrogen-bond donors (Lipinski definition) is 1. The normalized spacial score (nSPS) is 23.6. The van der Waals surface area contributed by atoms with Crippen LogP contribution in [-0.4, -0.2) is 49.0 Å². The van der Waals surface area contributed by atoms with Crippen LogP contribution in [0.1, 0.15) is 5.56 Å². The molecule has 1 fully saturated rings. The SMILES string of the molecule is CN1CCOC(C(O)Cc2cccc(F)c2)C1. The Morgan fingerprint density at radius 2 is 2.41 bits per heavy atom. The Kier molecular flexibility index (Phi) is 4.10. The summed E-state index contributed by atoms with van der Waals surface area (Å²) in [5, 5.41) is 10.1. The standard InChI is InChI=1S/C13H18FNO2/c1-15-5-6-17-13(9-15)12(16)8-10-3-2-4-11(14)7-10/h2-4,7,12-13,16H,5-6,8-9H2,1H3. The van der Waals surface area contributed by atoms with Gasteiger partial charge in [-0.1, -0.05) is 12.1 Å². The molecule has 1 heterocycles. The van der Waals surface area contributed by atoms with Crippen LogP contribution >= 0.6 is 0 Å². The van der Waals surface area contributed by atoms with E-state index in [1.165, 1.54) is 12.1 Å². The summed E-state index contributed by atoms with van der Waals surface area (Å²) in [6.45, 7) is 2.25. The number of likely N-dealkylation sites (N-methyl/N-ethyl adjacent to an activating group) is 1.